The zero-order valence-corrected chi connectivity index (χ0v) is 13.5. The average molecular weight is 286 g/mol. The van der Waals surface area contributed by atoms with Gasteiger partial charge in [0.05, 0.1) is 0 Å². The van der Waals surface area contributed by atoms with Crippen LogP contribution in [0, 0.1) is 5.92 Å². The SMILES string of the molecule is CCCC1CCCN(CC2CNCc3ccccc32)CC1. The Hall–Kier alpha value is -0.860. The molecule has 1 N–H and O–H groups in total. The first-order chi connectivity index (χ1) is 10.4. The van der Waals surface area contributed by atoms with E-state index in [9.17, 15) is 0 Å². The van der Waals surface area contributed by atoms with E-state index in [1.54, 1.807) is 5.56 Å². The molecule has 0 saturated carbocycles. The van der Waals surface area contributed by atoms with Gasteiger partial charge in [0.25, 0.3) is 0 Å². The van der Waals surface area contributed by atoms with E-state index in [0.29, 0.717) is 5.92 Å². The third-order valence-electron chi connectivity index (χ3n) is 5.32. The smallest absolute Gasteiger partial charge is 0.0208 e. The lowest BCUT2D eigenvalue weighted by Gasteiger charge is -2.31. The minimum atomic E-state index is 0.678. The number of rotatable bonds is 4. The largest absolute Gasteiger partial charge is 0.312 e. The van der Waals surface area contributed by atoms with Gasteiger partial charge in [-0.1, -0.05) is 44.0 Å². The summed E-state index contributed by atoms with van der Waals surface area (Å²) >= 11 is 0. The molecule has 1 saturated heterocycles. The molecule has 3 rings (SSSR count). The molecule has 0 amide bonds. The lowest BCUT2D eigenvalue weighted by molar-refractivity contribution is 0.255. The van der Waals surface area contributed by atoms with E-state index >= 15 is 0 Å². The number of fused-ring (bicyclic) bond motifs is 1. The van der Waals surface area contributed by atoms with E-state index in [-0.39, 0.29) is 0 Å². The van der Waals surface area contributed by atoms with E-state index < -0.39 is 0 Å². The molecule has 2 aliphatic heterocycles. The lowest BCUT2D eigenvalue weighted by atomic mass is 9.90. The molecule has 2 heterocycles. The van der Waals surface area contributed by atoms with Crippen LogP contribution in [-0.2, 0) is 6.54 Å². The first-order valence-corrected chi connectivity index (χ1v) is 8.87. The van der Waals surface area contributed by atoms with Crippen LogP contribution in [0.15, 0.2) is 24.3 Å². The van der Waals surface area contributed by atoms with Gasteiger partial charge >= 0.3 is 0 Å². The topological polar surface area (TPSA) is 15.3 Å². The first-order valence-electron chi connectivity index (χ1n) is 8.87. The molecule has 116 valence electrons. The lowest BCUT2D eigenvalue weighted by Crippen LogP contribution is -2.37. The van der Waals surface area contributed by atoms with Crippen LogP contribution in [0.1, 0.15) is 56.1 Å². The second-order valence-corrected chi connectivity index (χ2v) is 6.91. The fraction of sp³-hybridized carbons (Fsp3) is 0.684. The molecule has 0 aliphatic carbocycles. The van der Waals surface area contributed by atoms with Gasteiger partial charge in [0.1, 0.15) is 0 Å². The van der Waals surface area contributed by atoms with Crippen LogP contribution in [0.25, 0.3) is 0 Å². The van der Waals surface area contributed by atoms with Gasteiger partial charge in [-0.2, -0.15) is 0 Å². The molecule has 2 atom stereocenters. The molecule has 1 aromatic rings. The molecule has 0 aromatic heterocycles. The third kappa shape index (κ3) is 3.87. The van der Waals surface area contributed by atoms with Crippen LogP contribution in [0.3, 0.4) is 0 Å². The summed E-state index contributed by atoms with van der Waals surface area (Å²) in [5.41, 5.74) is 3.10. The first kappa shape index (κ1) is 15.1. The maximum atomic E-state index is 3.60. The molecule has 0 radical (unpaired) electrons. The van der Waals surface area contributed by atoms with Crippen LogP contribution in [0.2, 0.25) is 0 Å². The number of hydrogen-bond acceptors (Lipinski definition) is 2. The Morgan fingerprint density at radius 2 is 2.10 bits per heavy atom. The molecule has 2 aliphatic rings. The molecule has 1 fully saturated rings. The Balaban J connectivity index is 1.60. The summed E-state index contributed by atoms with van der Waals surface area (Å²) in [7, 11) is 0. The molecule has 1 aromatic carbocycles. The van der Waals surface area contributed by atoms with Crippen molar-refractivity contribution in [3.8, 4) is 0 Å². The van der Waals surface area contributed by atoms with Crippen LogP contribution in [-0.4, -0.2) is 31.1 Å². The highest BCUT2D eigenvalue weighted by Crippen LogP contribution is 2.27. The summed E-state index contributed by atoms with van der Waals surface area (Å²) in [4.78, 5) is 2.73. The Bertz CT molecular complexity index is 443. The average Bonchev–Trinajstić information content (AvgIpc) is 2.74. The van der Waals surface area contributed by atoms with Gasteiger partial charge in [-0.15, -0.1) is 0 Å². The fourth-order valence-electron chi connectivity index (χ4n) is 4.16. The molecular weight excluding hydrogens is 256 g/mol. The predicted octanol–water partition coefficient (Wildman–Crippen LogP) is 3.78. The fourth-order valence-corrected chi connectivity index (χ4v) is 4.16. The van der Waals surface area contributed by atoms with Gasteiger partial charge in [-0.05, 0) is 49.4 Å². The Labute approximate surface area is 129 Å². The van der Waals surface area contributed by atoms with Crippen molar-refractivity contribution < 1.29 is 0 Å². The van der Waals surface area contributed by atoms with E-state index in [1.165, 1.54) is 57.3 Å². The van der Waals surface area contributed by atoms with Crippen molar-refractivity contribution in [1.82, 2.24) is 10.2 Å². The third-order valence-corrected chi connectivity index (χ3v) is 5.32. The number of hydrogen-bond donors (Lipinski definition) is 1. The van der Waals surface area contributed by atoms with Crippen molar-refractivity contribution in [2.24, 2.45) is 5.92 Å². The molecule has 2 nitrogen and oxygen atoms in total. The summed E-state index contributed by atoms with van der Waals surface area (Å²) in [5.74, 6) is 1.66. The second kappa shape index (κ2) is 7.42. The number of nitrogens with zero attached hydrogens (tertiary/aromatic N) is 1. The van der Waals surface area contributed by atoms with Crippen LogP contribution < -0.4 is 5.32 Å². The maximum absolute atomic E-state index is 3.60. The zero-order valence-electron chi connectivity index (χ0n) is 13.5. The Morgan fingerprint density at radius 1 is 1.19 bits per heavy atom. The van der Waals surface area contributed by atoms with Crippen molar-refractivity contribution in [1.29, 1.82) is 0 Å². The Morgan fingerprint density at radius 3 is 3.00 bits per heavy atom. The summed E-state index contributed by atoms with van der Waals surface area (Å²) in [6.07, 6.45) is 7.04. The van der Waals surface area contributed by atoms with E-state index in [4.69, 9.17) is 0 Å². The minimum absolute atomic E-state index is 0.678. The van der Waals surface area contributed by atoms with Crippen molar-refractivity contribution in [3.05, 3.63) is 35.4 Å². The Kier molecular flexibility index (Phi) is 5.32. The summed E-state index contributed by atoms with van der Waals surface area (Å²) in [5, 5.41) is 3.60. The summed E-state index contributed by atoms with van der Waals surface area (Å²) < 4.78 is 0. The minimum Gasteiger partial charge on any atom is -0.312 e. The van der Waals surface area contributed by atoms with Crippen LogP contribution in [0.4, 0.5) is 0 Å². The summed E-state index contributed by atoms with van der Waals surface area (Å²) in [6.45, 7) is 8.37. The summed E-state index contributed by atoms with van der Waals surface area (Å²) in [6, 6.07) is 9.01. The quantitative estimate of drug-likeness (QED) is 0.906. The zero-order chi connectivity index (χ0) is 14.5. The van der Waals surface area contributed by atoms with Gasteiger partial charge in [0.2, 0.25) is 0 Å². The standard InChI is InChI=1S/C19H30N2/c1-2-6-16-7-5-11-21(12-10-16)15-18-14-20-13-17-8-3-4-9-19(17)18/h3-4,8-9,16,18,20H,2,5-7,10-15H2,1H3. The molecule has 0 bridgehead atoms. The molecule has 2 heteroatoms. The number of benzene rings is 1. The van der Waals surface area contributed by atoms with Gasteiger partial charge in [0, 0.05) is 25.6 Å². The van der Waals surface area contributed by atoms with E-state index in [0.717, 1.165) is 19.0 Å². The molecule has 2 unspecified atom stereocenters. The van der Waals surface area contributed by atoms with Crippen molar-refractivity contribution in [2.75, 3.05) is 26.2 Å². The highest BCUT2D eigenvalue weighted by atomic mass is 15.1. The van der Waals surface area contributed by atoms with Gasteiger partial charge in [0.15, 0.2) is 0 Å². The molecular formula is C19H30N2. The number of likely N-dealkylation sites (tertiary alicyclic amines) is 1. The van der Waals surface area contributed by atoms with Crippen LogP contribution >= 0.6 is 0 Å². The van der Waals surface area contributed by atoms with Crippen molar-refractivity contribution in [2.45, 2.75) is 51.5 Å². The van der Waals surface area contributed by atoms with Crippen molar-refractivity contribution >= 4 is 0 Å². The van der Waals surface area contributed by atoms with Crippen molar-refractivity contribution in [3.63, 3.8) is 0 Å². The number of nitrogens with one attached hydrogen (secondary N) is 1. The molecule has 0 spiro atoms. The van der Waals surface area contributed by atoms with E-state index in [1.807, 2.05) is 0 Å². The van der Waals surface area contributed by atoms with Gasteiger partial charge in [-0.3, -0.25) is 0 Å². The normalized spacial score (nSPS) is 27.1. The van der Waals surface area contributed by atoms with E-state index in [2.05, 4.69) is 41.4 Å². The van der Waals surface area contributed by atoms with Gasteiger partial charge < -0.3 is 10.2 Å². The molecule has 21 heavy (non-hydrogen) atoms. The highest BCUT2D eigenvalue weighted by Gasteiger charge is 2.23. The monoisotopic (exact) mass is 286 g/mol. The highest BCUT2D eigenvalue weighted by molar-refractivity contribution is 5.32. The maximum Gasteiger partial charge on any atom is 0.0208 e. The second-order valence-electron chi connectivity index (χ2n) is 6.91. The van der Waals surface area contributed by atoms with Gasteiger partial charge in [-0.25, -0.2) is 0 Å². The van der Waals surface area contributed by atoms with Crippen LogP contribution in [0.5, 0.6) is 0 Å². The predicted molar refractivity (Wildman–Crippen MR) is 89.6 cm³/mol.